The van der Waals surface area contributed by atoms with Gasteiger partial charge in [-0.25, -0.2) is 0 Å². The topological polar surface area (TPSA) is 114 Å². The predicted octanol–water partition coefficient (Wildman–Crippen LogP) is 4.81. The monoisotopic (exact) mass is 701 g/mol. The fraction of sp³-hybridized carbons (Fsp3) is 0.333. The Morgan fingerprint density at radius 1 is 0.776 bits per heavy atom. The molecular weight excluding hydrogens is 658 g/mol. The van der Waals surface area contributed by atoms with Gasteiger partial charge in [0.25, 0.3) is 8.32 Å². The largest absolute Gasteiger partial charge is 0.491 e. The number of aliphatic hydroxyl groups is 4. The third kappa shape index (κ3) is 6.95. The van der Waals surface area contributed by atoms with Crippen LogP contribution in [0.25, 0.3) is 10.9 Å². The van der Waals surface area contributed by atoms with Crippen LogP contribution in [0.4, 0.5) is 0 Å². The van der Waals surface area contributed by atoms with E-state index in [9.17, 15) is 20.4 Å². The predicted molar refractivity (Wildman–Crippen MR) is 194 cm³/mol. The number of aliphatic hydroxyl groups excluding tert-OH is 4. The van der Waals surface area contributed by atoms with Crippen LogP contribution < -0.4 is 15.1 Å². The van der Waals surface area contributed by atoms with Crippen LogP contribution in [0.15, 0.2) is 109 Å². The van der Waals surface area contributed by atoms with Crippen LogP contribution in [-0.2, 0) is 15.7 Å². The normalized spacial score (nSPS) is 21.6. The Labute approximate surface area is 293 Å². The van der Waals surface area contributed by atoms with Crippen molar-refractivity contribution >= 4 is 41.2 Å². The lowest BCUT2D eigenvalue weighted by molar-refractivity contribution is -0.231. The number of hydrogen-bond acceptors (Lipinski definition) is 7. The first kappa shape index (κ1) is 35.3. The van der Waals surface area contributed by atoms with Crippen molar-refractivity contribution in [3.63, 3.8) is 0 Å². The summed E-state index contributed by atoms with van der Waals surface area (Å²) in [6.07, 6.45) is -4.45. The second kappa shape index (κ2) is 14.8. The highest BCUT2D eigenvalue weighted by Crippen LogP contribution is 2.39. The maximum Gasteiger partial charge on any atom is 0.261 e. The van der Waals surface area contributed by atoms with E-state index in [1.165, 1.54) is 10.4 Å². The van der Waals surface area contributed by atoms with E-state index < -0.39 is 45.4 Å². The van der Waals surface area contributed by atoms with Gasteiger partial charge in [0, 0.05) is 23.7 Å². The van der Waals surface area contributed by atoms with Gasteiger partial charge in [-0.15, -0.1) is 0 Å². The first-order valence-electron chi connectivity index (χ1n) is 16.6. The summed E-state index contributed by atoms with van der Waals surface area (Å²) in [5.41, 5.74) is 2.35. The van der Waals surface area contributed by atoms with Crippen LogP contribution in [-0.4, -0.2) is 77.5 Å². The molecule has 0 saturated carbocycles. The minimum absolute atomic E-state index is 0.119. The van der Waals surface area contributed by atoms with Crippen molar-refractivity contribution < 1.29 is 34.3 Å². The Hall–Kier alpha value is -3.51. The van der Waals surface area contributed by atoms with Gasteiger partial charge in [-0.2, -0.15) is 0 Å². The van der Waals surface area contributed by atoms with Crippen molar-refractivity contribution in [2.45, 2.75) is 62.9 Å². The molecule has 1 aliphatic heterocycles. The van der Waals surface area contributed by atoms with Crippen LogP contribution in [0, 0.1) is 0 Å². The number of fused-ring (bicyclic) bond motifs is 1. The molecule has 6 rings (SSSR count). The molecule has 258 valence electrons. The molecule has 0 radical (unpaired) electrons. The summed E-state index contributed by atoms with van der Waals surface area (Å²) >= 11 is 6.68. The molecule has 1 aromatic heterocycles. The van der Waals surface area contributed by atoms with Crippen molar-refractivity contribution in [3.8, 4) is 5.75 Å². The van der Waals surface area contributed by atoms with Gasteiger partial charge >= 0.3 is 0 Å². The van der Waals surface area contributed by atoms with Gasteiger partial charge in [0.2, 0.25) is 0 Å². The molecule has 0 unspecified atom stereocenters. The third-order valence-corrected chi connectivity index (χ3v) is 14.8. The molecule has 0 bridgehead atoms. The van der Waals surface area contributed by atoms with E-state index >= 15 is 0 Å². The minimum Gasteiger partial charge on any atom is -0.491 e. The SMILES string of the molecule is CC(C)(C)[Si](OCCOc1ccc(Cn2cc([C@@H]3O[C@H](CO)[C@@H](O)[C@H](O)[C@H]3O)c3cccc(Cl)c32)cc1)(c1ccccc1)c1ccccc1. The summed E-state index contributed by atoms with van der Waals surface area (Å²) in [6.45, 7) is 7.57. The fourth-order valence-corrected chi connectivity index (χ4v) is 11.9. The van der Waals surface area contributed by atoms with Crippen LogP contribution in [0.3, 0.4) is 0 Å². The maximum absolute atomic E-state index is 10.8. The molecule has 1 fully saturated rings. The van der Waals surface area contributed by atoms with Crippen molar-refractivity contribution in [3.05, 3.63) is 125 Å². The highest BCUT2D eigenvalue weighted by Gasteiger charge is 2.50. The molecule has 1 aliphatic rings. The van der Waals surface area contributed by atoms with Crippen LogP contribution >= 0.6 is 11.6 Å². The van der Waals surface area contributed by atoms with Crippen molar-refractivity contribution in [2.24, 2.45) is 0 Å². The Balaban J connectivity index is 1.17. The van der Waals surface area contributed by atoms with Gasteiger partial charge in [-0.3, -0.25) is 0 Å². The maximum atomic E-state index is 10.8. The zero-order valence-corrected chi connectivity index (χ0v) is 29.7. The minimum atomic E-state index is -2.65. The van der Waals surface area contributed by atoms with Gasteiger partial charge in [0.05, 0.1) is 23.8 Å². The number of halogens is 1. The van der Waals surface area contributed by atoms with Gasteiger partial charge in [0.1, 0.15) is 42.9 Å². The molecule has 8 nitrogen and oxygen atoms in total. The van der Waals surface area contributed by atoms with E-state index in [0.29, 0.717) is 30.3 Å². The van der Waals surface area contributed by atoms with Crippen molar-refractivity contribution in [1.29, 1.82) is 0 Å². The number of hydrogen-bond donors (Lipinski definition) is 4. The average Bonchev–Trinajstić information content (AvgIpc) is 3.47. The smallest absolute Gasteiger partial charge is 0.261 e. The lowest BCUT2D eigenvalue weighted by Crippen LogP contribution is -2.66. The molecule has 4 N–H and O–H groups in total. The third-order valence-electron chi connectivity index (χ3n) is 9.44. The standard InChI is InChI=1S/C39H44ClNO7Si/c1-39(2,3)49(28-11-6-4-7-12-28,29-13-8-5-9-14-29)47-22-21-46-27-19-17-26(18-20-27)23-41-24-31(30-15-10-16-32(40)34(30)41)38-37(45)36(44)35(43)33(25-42)48-38/h4-20,24,33,35-38,42-45H,21-23,25H2,1-3H3/t33-,35-,36+,37-,38+/m1/s1. The number of aromatic nitrogens is 1. The average molecular weight is 702 g/mol. The lowest BCUT2D eigenvalue weighted by Gasteiger charge is -2.43. The second-order valence-corrected chi connectivity index (χ2v) is 18.3. The molecule has 5 atom stereocenters. The van der Waals surface area contributed by atoms with Crippen molar-refractivity contribution in [1.82, 2.24) is 4.57 Å². The first-order chi connectivity index (χ1) is 23.5. The molecule has 2 heterocycles. The summed E-state index contributed by atoms with van der Waals surface area (Å²) < 4.78 is 21.0. The fourth-order valence-electron chi connectivity index (χ4n) is 7.06. The number of ether oxygens (including phenoxy) is 2. The Morgan fingerprint density at radius 3 is 2.00 bits per heavy atom. The van der Waals surface area contributed by atoms with Gasteiger partial charge in [0.15, 0.2) is 0 Å². The number of nitrogens with zero attached hydrogens (tertiary/aromatic N) is 1. The number of rotatable bonds is 11. The summed E-state index contributed by atoms with van der Waals surface area (Å²) in [4.78, 5) is 0. The first-order valence-corrected chi connectivity index (χ1v) is 18.9. The highest BCUT2D eigenvalue weighted by atomic mass is 35.5. The summed E-state index contributed by atoms with van der Waals surface area (Å²) in [5.74, 6) is 0.729. The zero-order valence-electron chi connectivity index (χ0n) is 27.9. The Bertz CT molecular complexity index is 1790. The summed E-state index contributed by atoms with van der Waals surface area (Å²) in [6, 6.07) is 34.4. The second-order valence-electron chi connectivity index (χ2n) is 13.6. The van der Waals surface area contributed by atoms with E-state index in [1.807, 2.05) is 59.3 Å². The van der Waals surface area contributed by atoms with Gasteiger partial charge < -0.3 is 38.9 Å². The molecule has 0 aliphatic carbocycles. The molecule has 0 spiro atoms. The van der Waals surface area contributed by atoms with Crippen LogP contribution in [0.2, 0.25) is 10.1 Å². The molecule has 49 heavy (non-hydrogen) atoms. The molecule has 10 heteroatoms. The van der Waals surface area contributed by atoms with E-state index in [4.69, 9.17) is 25.5 Å². The molecular formula is C39H44ClNO7Si. The molecule has 5 aromatic rings. The highest BCUT2D eigenvalue weighted by molar-refractivity contribution is 6.99. The van der Waals surface area contributed by atoms with Gasteiger partial charge in [-0.05, 0) is 39.2 Å². The van der Waals surface area contributed by atoms with Crippen molar-refractivity contribution in [2.75, 3.05) is 19.8 Å². The zero-order chi connectivity index (χ0) is 34.8. The quantitative estimate of drug-likeness (QED) is 0.116. The van der Waals surface area contributed by atoms with E-state index in [2.05, 4.69) is 69.3 Å². The van der Waals surface area contributed by atoms with E-state index in [0.717, 1.165) is 22.2 Å². The number of para-hydroxylation sites is 1. The molecule has 4 aromatic carbocycles. The number of benzene rings is 4. The lowest BCUT2D eigenvalue weighted by atomic mass is 9.91. The van der Waals surface area contributed by atoms with Crippen LogP contribution in [0.1, 0.15) is 38.0 Å². The van der Waals surface area contributed by atoms with E-state index in [-0.39, 0.29) is 5.04 Å². The summed E-state index contributed by atoms with van der Waals surface area (Å²) in [5, 5.41) is 44.9. The summed E-state index contributed by atoms with van der Waals surface area (Å²) in [7, 11) is -2.65. The van der Waals surface area contributed by atoms with Crippen LogP contribution in [0.5, 0.6) is 5.75 Å². The molecule has 0 amide bonds. The van der Waals surface area contributed by atoms with E-state index in [1.54, 1.807) is 6.07 Å². The van der Waals surface area contributed by atoms with Gasteiger partial charge in [-0.1, -0.05) is 117 Å². The Kier molecular flexibility index (Phi) is 10.6. The molecule has 1 saturated heterocycles. The Morgan fingerprint density at radius 2 is 1.41 bits per heavy atom.